The fraction of sp³-hybridized carbons (Fsp3) is 0.538. The Bertz CT molecular complexity index is 403. The van der Waals surface area contributed by atoms with Crippen molar-refractivity contribution in [2.24, 2.45) is 5.92 Å². The molecule has 18 heavy (non-hydrogen) atoms. The molecular weight excluding hydrogens is 230 g/mol. The van der Waals surface area contributed by atoms with Crippen LogP contribution in [0, 0.1) is 5.92 Å². The molecule has 0 aliphatic carbocycles. The number of ether oxygens (including phenoxy) is 1. The van der Waals surface area contributed by atoms with Crippen molar-refractivity contribution in [2.75, 3.05) is 31.6 Å². The van der Waals surface area contributed by atoms with Gasteiger partial charge in [0.2, 0.25) is 0 Å². The van der Waals surface area contributed by atoms with Crippen LogP contribution in [0.4, 0.5) is 5.82 Å². The lowest BCUT2D eigenvalue weighted by molar-refractivity contribution is 0.0945. The van der Waals surface area contributed by atoms with E-state index in [-0.39, 0.29) is 5.91 Å². The van der Waals surface area contributed by atoms with Gasteiger partial charge in [-0.25, -0.2) is 4.98 Å². The lowest BCUT2D eigenvalue weighted by Gasteiger charge is -2.10. The van der Waals surface area contributed by atoms with E-state index in [0.717, 1.165) is 32.0 Å². The minimum absolute atomic E-state index is 0.0524. The molecule has 1 aliphatic heterocycles. The minimum atomic E-state index is -0.0524. The molecule has 1 unspecified atom stereocenters. The van der Waals surface area contributed by atoms with E-state index in [4.69, 9.17) is 4.74 Å². The maximum absolute atomic E-state index is 12.0. The van der Waals surface area contributed by atoms with E-state index in [1.807, 2.05) is 6.92 Å². The average Bonchev–Trinajstić information content (AvgIpc) is 2.90. The smallest absolute Gasteiger partial charge is 0.251 e. The third-order valence-corrected chi connectivity index (χ3v) is 2.96. The standard InChI is InChI=1S/C13H19N3O2/c1-2-14-12-7-11(3-5-15-12)13(17)16-8-10-4-6-18-9-10/h3,5,7,10H,2,4,6,8-9H2,1H3,(H,14,15)(H,16,17). The van der Waals surface area contributed by atoms with Crippen LogP contribution in [0.2, 0.25) is 0 Å². The summed E-state index contributed by atoms with van der Waals surface area (Å²) < 4.78 is 5.27. The van der Waals surface area contributed by atoms with E-state index in [9.17, 15) is 4.79 Å². The van der Waals surface area contributed by atoms with Gasteiger partial charge in [-0.2, -0.15) is 0 Å². The number of carbonyl (C=O) groups excluding carboxylic acids is 1. The van der Waals surface area contributed by atoms with Gasteiger partial charge in [0, 0.05) is 37.4 Å². The summed E-state index contributed by atoms with van der Waals surface area (Å²) in [6.45, 7) is 5.02. The molecule has 2 heterocycles. The molecule has 0 spiro atoms. The van der Waals surface area contributed by atoms with Crippen molar-refractivity contribution >= 4 is 11.7 Å². The summed E-state index contributed by atoms with van der Waals surface area (Å²) in [5, 5.41) is 6.02. The Morgan fingerprint density at radius 2 is 2.50 bits per heavy atom. The largest absolute Gasteiger partial charge is 0.381 e. The van der Waals surface area contributed by atoms with Crippen LogP contribution in [0.5, 0.6) is 0 Å². The fourth-order valence-corrected chi connectivity index (χ4v) is 1.93. The zero-order valence-corrected chi connectivity index (χ0v) is 10.6. The topological polar surface area (TPSA) is 63.2 Å². The quantitative estimate of drug-likeness (QED) is 0.825. The first kappa shape index (κ1) is 12.8. The molecule has 1 saturated heterocycles. The molecule has 1 amide bonds. The molecule has 5 nitrogen and oxygen atoms in total. The van der Waals surface area contributed by atoms with Crippen molar-refractivity contribution in [1.29, 1.82) is 0 Å². The van der Waals surface area contributed by atoms with Gasteiger partial charge in [-0.15, -0.1) is 0 Å². The molecule has 1 aromatic rings. The molecule has 2 rings (SSSR count). The van der Waals surface area contributed by atoms with E-state index in [1.165, 1.54) is 0 Å². The number of anilines is 1. The van der Waals surface area contributed by atoms with E-state index in [0.29, 0.717) is 18.0 Å². The molecule has 1 fully saturated rings. The van der Waals surface area contributed by atoms with Gasteiger partial charge in [0.1, 0.15) is 5.82 Å². The van der Waals surface area contributed by atoms with Gasteiger partial charge in [-0.1, -0.05) is 0 Å². The number of carbonyl (C=O) groups is 1. The Balaban J connectivity index is 1.89. The number of pyridine rings is 1. The Morgan fingerprint density at radius 1 is 1.61 bits per heavy atom. The Kier molecular flexibility index (Phi) is 4.52. The van der Waals surface area contributed by atoms with Gasteiger partial charge in [0.15, 0.2) is 0 Å². The number of amides is 1. The second-order valence-corrected chi connectivity index (χ2v) is 4.40. The second-order valence-electron chi connectivity index (χ2n) is 4.40. The molecule has 0 aromatic carbocycles. The summed E-state index contributed by atoms with van der Waals surface area (Å²) in [5.74, 6) is 1.13. The lowest BCUT2D eigenvalue weighted by atomic mass is 10.1. The summed E-state index contributed by atoms with van der Waals surface area (Å²) in [6.07, 6.45) is 2.67. The zero-order valence-electron chi connectivity index (χ0n) is 10.6. The van der Waals surface area contributed by atoms with Crippen molar-refractivity contribution in [1.82, 2.24) is 10.3 Å². The third kappa shape index (κ3) is 3.43. The van der Waals surface area contributed by atoms with E-state index < -0.39 is 0 Å². The third-order valence-electron chi connectivity index (χ3n) is 2.96. The van der Waals surface area contributed by atoms with Crippen LogP contribution in [0.1, 0.15) is 23.7 Å². The Hall–Kier alpha value is -1.62. The van der Waals surface area contributed by atoms with Crippen molar-refractivity contribution < 1.29 is 9.53 Å². The molecule has 5 heteroatoms. The summed E-state index contributed by atoms with van der Waals surface area (Å²) in [6, 6.07) is 3.49. The highest BCUT2D eigenvalue weighted by molar-refractivity contribution is 5.94. The SMILES string of the molecule is CCNc1cc(C(=O)NCC2CCOC2)ccn1. The lowest BCUT2D eigenvalue weighted by Crippen LogP contribution is -2.29. The van der Waals surface area contributed by atoms with Gasteiger partial charge >= 0.3 is 0 Å². The molecular formula is C13H19N3O2. The van der Waals surface area contributed by atoms with Crippen LogP contribution in [0.15, 0.2) is 18.3 Å². The maximum Gasteiger partial charge on any atom is 0.251 e. The van der Waals surface area contributed by atoms with Gasteiger partial charge in [-0.05, 0) is 25.5 Å². The zero-order chi connectivity index (χ0) is 12.8. The van der Waals surface area contributed by atoms with E-state index in [1.54, 1.807) is 18.3 Å². The number of nitrogens with zero attached hydrogens (tertiary/aromatic N) is 1. The first-order valence-electron chi connectivity index (χ1n) is 6.35. The van der Waals surface area contributed by atoms with Gasteiger partial charge < -0.3 is 15.4 Å². The average molecular weight is 249 g/mol. The molecule has 1 atom stereocenters. The van der Waals surface area contributed by atoms with E-state index in [2.05, 4.69) is 15.6 Å². The molecule has 2 N–H and O–H groups in total. The first-order chi connectivity index (χ1) is 8.79. The highest BCUT2D eigenvalue weighted by Gasteiger charge is 2.16. The Morgan fingerprint density at radius 3 is 3.22 bits per heavy atom. The number of hydrogen-bond acceptors (Lipinski definition) is 4. The normalized spacial score (nSPS) is 18.6. The maximum atomic E-state index is 12.0. The summed E-state index contributed by atoms with van der Waals surface area (Å²) in [4.78, 5) is 16.1. The summed E-state index contributed by atoms with van der Waals surface area (Å²) in [7, 11) is 0. The number of aromatic nitrogens is 1. The second kappa shape index (κ2) is 6.35. The number of rotatable bonds is 5. The van der Waals surface area contributed by atoms with Crippen LogP contribution in [0.25, 0.3) is 0 Å². The summed E-state index contributed by atoms with van der Waals surface area (Å²) in [5.41, 5.74) is 0.639. The molecule has 0 radical (unpaired) electrons. The predicted octanol–water partition coefficient (Wildman–Crippen LogP) is 1.28. The predicted molar refractivity (Wildman–Crippen MR) is 69.7 cm³/mol. The molecule has 98 valence electrons. The van der Waals surface area contributed by atoms with E-state index >= 15 is 0 Å². The van der Waals surface area contributed by atoms with Crippen molar-refractivity contribution in [3.63, 3.8) is 0 Å². The minimum Gasteiger partial charge on any atom is -0.381 e. The molecule has 0 bridgehead atoms. The fourth-order valence-electron chi connectivity index (χ4n) is 1.93. The monoisotopic (exact) mass is 249 g/mol. The Labute approximate surface area is 107 Å². The molecule has 1 aromatic heterocycles. The van der Waals surface area contributed by atoms with Crippen LogP contribution in [-0.4, -0.2) is 37.2 Å². The van der Waals surface area contributed by atoms with Gasteiger partial charge in [-0.3, -0.25) is 4.79 Å². The summed E-state index contributed by atoms with van der Waals surface area (Å²) >= 11 is 0. The highest BCUT2D eigenvalue weighted by Crippen LogP contribution is 2.11. The van der Waals surface area contributed by atoms with Crippen molar-refractivity contribution in [3.05, 3.63) is 23.9 Å². The van der Waals surface area contributed by atoms with Crippen LogP contribution >= 0.6 is 0 Å². The van der Waals surface area contributed by atoms with Crippen LogP contribution in [0.3, 0.4) is 0 Å². The van der Waals surface area contributed by atoms with Gasteiger partial charge in [0.25, 0.3) is 5.91 Å². The number of hydrogen-bond donors (Lipinski definition) is 2. The molecule has 0 saturated carbocycles. The highest BCUT2D eigenvalue weighted by atomic mass is 16.5. The van der Waals surface area contributed by atoms with Gasteiger partial charge in [0.05, 0.1) is 6.61 Å². The van der Waals surface area contributed by atoms with Crippen LogP contribution < -0.4 is 10.6 Å². The number of nitrogens with one attached hydrogen (secondary N) is 2. The van der Waals surface area contributed by atoms with Crippen molar-refractivity contribution in [2.45, 2.75) is 13.3 Å². The van der Waals surface area contributed by atoms with Crippen molar-refractivity contribution in [3.8, 4) is 0 Å². The first-order valence-corrected chi connectivity index (χ1v) is 6.35. The van der Waals surface area contributed by atoms with Crippen LogP contribution in [-0.2, 0) is 4.74 Å². The molecule has 1 aliphatic rings.